The van der Waals surface area contributed by atoms with Crippen molar-refractivity contribution in [3.05, 3.63) is 0 Å². The van der Waals surface area contributed by atoms with Crippen LogP contribution in [0.15, 0.2) is 0 Å². The summed E-state index contributed by atoms with van der Waals surface area (Å²) in [6.07, 6.45) is 1.17. The third kappa shape index (κ3) is 5.11. The van der Waals surface area contributed by atoms with Gasteiger partial charge in [0, 0.05) is 12.5 Å². The minimum absolute atomic E-state index is 0.0983. The normalized spacial score (nSPS) is 12.6. The summed E-state index contributed by atoms with van der Waals surface area (Å²) in [4.78, 5) is 23.9. The molecule has 0 heterocycles. The number of carboxylic acids is 1. The molecular weight excluding hydrogens is 208 g/mol. The molecule has 1 amide bonds. The molecule has 0 rings (SSSR count). The molecule has 5 heteroatoms. The van der Waals surface area contributed by atoms with E-state index < -0.39 is 5.97 Å². The fraction of sp³-hybridized carbons (Fsp3) is 0.818. The van der Waals surface area contributed by atoms with Gasteiger partial charge in [0.05, 0.1) is 0 Å². The summed E-state index contributed by atoms with van der Waals surface area (Å²) in [6, 6.07) is -0.0983. The fourth-order valence-corrected chi connectivity index (χ4v) is 1.46. The van der Waals surface area contributed by atoms with Crippen LogP contribution in [0.5, 0.6) is 0 Å². The topological polar surface area (TPSA) is 83.6 Å². The van der Waals surface area contributed by atoms with E-state index >= 15 is 0 Å². The Bertz CT molecular complexity index is 237. The van der Waals surface area contributed by atoms with Crippen molar-refractivity contribution >= 4 is 11.9 Å². The van der Waals surface area contributed by atoms with Crippen molar-refractivity contribution in [2.24, 2.45) is 11.7 Å². The van der Waals surface area contributed by atoms with Crippen LogP contribution in [0.25, 0.3) is 0 Å². The summed E-state index contributed by atoms with van der Waals surface area (Å²) in [5, 5.41) is 8.71. The quantitative estimate of drug-likeness (QED) is 0.673. The van der Waals surface area contributed by atoms with Crippen molar-refractivity contribution in [2.45, 2.75) is 39.7 Å². The van der Waals surface area contributed by atoms with Gasteiger partial charge in [-0.05, 0) is 26.3 Å². The van der Waals surface area contributed by atoms with Gasteiger partial charge in [0.25, 0.3) is 0 Å². The number of nitrogens with zero attached hydrogens (tertiary/aromatic N) is 1. The lowest BCUT2D eigenvalue weighted by Gasteiger charge is -2.26. The molecule has 0 radical (unpaired) electrons. The highest BCUT2D eigenvalue weighted by atomic mass is 16.4. The lowest BCUT2D eigenvalue weighted by molar-refractivity contribution is -0.146. The van der Waals surface area contributed by atoms with E-state index in [0.29, 0.717) is 13.0 Å². The molecule has 0 saturated carbocycles. The Labute approximate surface area is 96.6 Å². The average molecular weight is 230 g/mol. The molecule has 0 bridgehead atoms. The Kier molecular flexibility index (Phi) is 6.72. The number of hydrogen-bond donors (Lipinski definition) is 2. The molecule has 16 heavy (non-hydrogen) atoms. The molecule has 0 aromatic rings. The van der Waals surface area contributed by atoms with Crippen molar-refractivity contribution in [2.75, 3.05) is 13.1 Å². The second-order valence-electron chi connectivity index (χ2n) is 4.22. The lowest BCUT2D eigenvalue weighted by atomic mass is 10.0. The molecule has 1 atom stereocenters. The van der Waals surface area contributed by atoms with Crippen molar-refractivity contribution in [3.8, 4) is 0 Å². The molecule has 0 aliphatic heterocycles. The molecular formula is C11H22N2O3. The number of carbonyl (C=O) groups excluding carboxylic acids is 1. The number of rotatable bonds is 7. The first-order valence-corrected chi connectivity index (χ1v) is 5.63. The van der Waals surface area contributed by atoms with Crippen LogP contribution >= 0.6 is 0 Å². The van der Waals surface area contributed by atoms with Crippen molar-refractivity contribution < 1.29 is 14.7 Å². The minimum Gasteiger partial charge on any atom is -0.480 e. The fourth-order valence-electron chi connectivity index (χ4n) is 1.46. The first-order chi connectivity index (χ1) is 7.42. The number of aliphatic carboxylic acids is 1. The lowest BCUT2D eigenvalue weighted by Crippen LogP contribution is -2.41. The van der Waals surface area contributed by atoms with Crippen LogP contribution < -0.4 is 5.73 Å². The van der Waals surface area contributed by atoms with E-state index in [2.05, 4.69) is 0 Å². The molecule has 94 valence electrons. The van der Waals surface area contributed by atoms with Gasteiger partial charge in [-0.2, -0.15) is 0 Å². The van der Waals surface area contributed by atoms with Crippen LogP contribution in [0.1, 0.15) is 33.6 Å². The van der Waals surface area contributed by atoms with Crippen LogP contribution in [0, 0.1) is 5.92 Å². The van der Waals surface area contributed by atoms with Crippen LogP contribution in [0.3, 0.4) is 0 Å². The van der Waals surface area contributed by atoms with Gasteiger partial charge in [-0.1, -0.05) is 13.3 Å². The maximum Gasteiger partial charge on any atom is 0.323 e. The maximum absolute atomic E-state index is 11.9. The second-order valence-corrected chi connectivity index (χ2v) is 4.22. The SMILES string of the molecule is CCC(CN)CC(=O)N(CC(=O)O)C(C)C. The van der Waals surface area contributed by atoms with E-state index in [1.165, 1.54) is 4.90 Å². The average Bonchev–Trinajstić information content (AvgIpc) is 2.21. The van der Waals surface area contributed by atoms with E-state index in [-0.39, 0.29) is 24.4 Å². The van der Waals surface area contributed by atoms with Crippen molar-refractivity contribution in [3.63, 3.8) is 0 Å². The summed E-state index contributed by atoms with van der Waals surface area (Å²) >= 11 is 0. The van der Waals surface area contributed by atoms with Crippen LogP contribution in [-0.4, -0.2) is 41.0 Å². The van der Waals surface area contributed by atoms with Crippen LogP contribution in [0.4, 0.5) is 0 Å². The summed E-state index contributed by atoms with van der Waals surface area (Å²) in [7, 11) is 0. The monoisotopic (exact) mass is 230 g/mol. The Balaban J connectivity index is 4.43. The Morgan fingerprint density at radius 2 is 1.94 bits per heavy atom. The molecule has 0 aliphatic carbocycles. The first kappa shape index (κ1) is 14.9. The number of hydrogen-bond acceptors (Lipinski definition) is 3. The van der Waals surface area contributed by atoms with Gasteiger partial charge in [-0.15, -0.1) is 0 Å². The number of amides is 1. The summed E-state index contributed by atoms with van der Waals surface area (Å²) < 4.78 is 0. The number of nitrogens with two attached hydrogens (primary N) is 1. The van der Waals surface area contributed by atoms with Gasteiger partial charge in [0.15, 0.2) is 0 Å². The van der Waals surface area contributed by atoms with Crippen molar-refractivity contribution in [1.29, 1.82) is 0 Å². The van der Waals surface area contributed by atoms with Crippen LogP contribution in [-0.2, 0) is 9.59 Å². The zero-order chi connectivity index (χ0) is 12.7. The van der Waals surface area contributed by atoms with Crippen molar-refractivity contribution in [1.82, 2.24) is 4.90 Å². The first-order valence-electron chi connectivity index (χ1n) is 5.63. The largest absolute Gasteiger partial charge is 0.480 e. The Morgan fingerprint density at radius 1 is 1.38 bits per heavy atom. The van der Waals surface area contributed by atoms with E-state index in [1.54, 1.807) is 0 Å². The summed E-state index contributed by atoms with van der Waals surface area (Å²) in [5.41, 5.74) is 5.52. The van der Waals surface area contributed by atoms with E-state index in [4.69, 9.17) is 10.8 Å². The second kappa shape index (κ2) is 7.22. The molecule has 0 saturated heterocycles. The van der Waals surface area contributed by atoms with Gasteiger partial charge >= 0.3 is 5.97 Å². The predicted octanol–water partition coefficient (Wildman–Crippen LogP) is 0.683. The molecule has 0 aromatic heterocycles. The zero-order valence-corrected chi connectivity index (χ0v) is 10.3. The van der Waals surface area contributed by atoms with Gasteiger partial charge < -0.3 is 15.7 Å². The van der Waals surface area contributed by atoms with Crippen LogP contribution in [0.2, 0.25) is 0 Å². The standard InChI is InChI=1S/C11H22N2O3/c1-4-9(6-12)5-10(14)13(8(2)3)7-11(15)16/h8-9H,4-7,12H2,1-3H3,(H,15,16). The summed E-state index contributed by atoms with van der Waals surface area (Å²) in [5.74, 6) is -0.972. The van der Waals surface area contributed by atoms with Gasteiger partial charge in [-0.3, -0.25) is 9.59 Å². The van der Waals surface area contributed by atoms with Gasteiger partial charge in [0.2, 0.25) is 5.91 Å². The Hall–Kier alpha value is -1.10. The Morgan fingerprint density at radius 3 is 2.25 bits per heavy atom. The molecule has 0 fully saturated rings. The molecule has 0 spiro atoms. The summed E-state index contributed by atoms with van der Waals surface area (Å²) in [6.45, 7) is 5.81. The third-order valence-corrected chi connectivity index (χ3v) is 2.62. The number of carbonyl (C=O) groups is 2. The maximum atomic E-state index is 11.9. The minimum atomic E-state index is -0.983. The third-order valence-electron chi connectivity index (χ3n) is 2.62. The van der Waals surface area contributed by atoms with E-state index in [1.807, 2.05) is 20.8 Å². The van der Waals surface area contributed by atoms with E-state index in [9.17, 15) is 9.59 Å². The highest BCUT2D eigenvalue weighted by molar-refractivity contribution is 5.81. The van der Waals surface area contributed by atoms with Gasteiger partial charge in [0.1, 0.15) is 6.54 Å². The smallest absolute Gasteiger partial charge is 0.323 e. The molecule has 0 aromatic carbocycles. The predicted molar refractivity (Wildman–Crippen MR) is 61.9 cm³/mol. The van der Waals surface area contributed by atoms with E-state index in [0.717, 1.165) is 6.42 Å². The molecule has 0 aliphatic rings. The van der Waals surface area contributed by atoms with Gasteiger partial charge in [-0.25, -0.2) is 0 Å². The highest BCUT2D eigenvalue weighted by Crippen LogP contribution is 2.10. The highest BCUT2D eigenvalue weighted by Gasteiger charge is 2.21. The molecule has 5 nitrogen and oxygen atoms in total. The number of carboxylic acid groups (broad SMARTS) is 1. The molecule has 1 unspecified atom stereocenters. The molecule has 3 N–H and O–H groups in total. The zero-order valence-electron chi connectivity index (χ0n) is 10.3.